The zero-order chi connectivity index (χ0) is 13.9. The van der Waals surface area contributed by atoms with Crippen LogP contribution in [0.1, 0.15) is 19.4 Å². The van der Waals surface area contributed by atoms with E-state index in [4.69, 9.17) is 0 Å². The van der Waals surface area contributed by atoms with Crippen LogP contribution in [0.3, 0.4) is 0 Å². The van der Waals surface area contributed by atoms with Crippen molar-refractivity contribution < 1.29 is 9.59 Å². The Morgan fingerprint density at radius 1 is 1.00 bits per heavy atom. The first kappa shape index (κ1) is 14.4. The third-order valence-electron chi connectivity index (χ3n) is 3.19. The summed E-state index contributed by atoms with van der Waals surface area (Å²) in [6.07, 6.45) is 0. The van der Waals surface area contributed by atoms with Gasteiger partial charge in [0.15, 0.2) is 0 Å². The molecule has 1 aromatic carbocycles. The molecule has 0 bridgehead atoms. The number of hydrogen-bond donors (Lipinski definition) is 0. The Hall–Kier alpha value is -1.62. The summed E-state index contributed by atoms with van der Waals surface area (Å²) in [5.74, 6) is -0.0222. The van der Waals surface area contributed by atoms with Crippen LogP contribution < -0.4 is 5.19 Å². The molecular weight excluding hydrogens is 244 g/mol. The molecule has 1 rings (SSSR count). The monoisotopic (exact) mass is 264 g/mol. The SMILES string of the molecule is CC(=O)N(C)[SiH](c1ccccc1C)N(C)C(C)=O. The van der Waals surface area contributed by atoms with E-state index < -0.39 is 9.12 Å². The maximum atomic E-state index is 11.6. The van der Waals surface area contributed by atoms with Crippen LogP contribution in [-0.4, -0.2) is 44.2 Å². The van der Waals surface area contributed by atoms with Gasteiger partial charge in [-0.1, -0.05) is 24.3 Å². The summed E-state index contributed by atoms with van der Waals surface area (Å²) < 4.78 is 3.42. The lowest BCUT2D eigenvalue weighted by Gasteiger charge is -2.33. The maximum Gasteiger partial charge on any atom is 0.285 e. The number of aryl methyl sites for hydroxylation is 1. The van der Waals surface area contributed by atoms with Crippen molar-refractivity contribution in [1.82, 2.24) is 9.13 Å². The maximum absolute atomic E-state index is 11.6. The average molecular weight is 264 g/mol. The van der Waals surface area contributed by atoms with Crippen molar-refractivity contribution in [3.05, 3.63) is 29.8 Å². The molecule has 0 fully saturated rings. The van der Waals surface area contributed by atoms with Gasteiger partial charge in [-0.05, 0) is 17.7 Å². The van der Waals surface area contributed by atoms with E-state index in [9.17, 15) is 9.59 Å². The van der Waals surface area contributed by atoms with Crippen molar-refractivity contribution >= 4 is 26.1 Å². The highest BCUT2D eigenvalue weighted by molar-refractivity contribution is 6.72. The normalized spacial score (nSPS) is 10.3. The largest absolute Gasteiger partial charge is 0.353 e. The minimum Gasteiger partial charge on any atom is -0.353 e. The van der Waals surface area contributed by atoms with Crippen LogP contribution in [0.4, 0.5) is 0 Å². The molecule has 5 heteroatoms. The van der Waals surface area contributed by atoms with Crippen LogP contribution >= 0.6 is 0 Å². The molecule has 0 spiro atoms. The first-order chi connectivity index (χ1) is 8.36. The predicted molar refractivity (Wildman–Crippen MR) is 74.9 cm³/mol. The van der Waals surface area contributed by atoms with Gasteiger partial charge < -0.3 is 9.13 Å². The van der Waals surface area contributed by atoms with Crippen LogP contribution in [0, 0.1) is 6.92 Å². The van der Waals surface area contributed by atoms with Gasteiger partial charge in [-0.15, -0.1) is 0 Å². The molecule has 0 saturated carbocycles. The van der Waals surface area contributed by atoms with Crippen molar-refractivity contribution in [3.8, 4) is 0 Å². The lowest BCUT2D eigenvalue weighted by atomic mass is 10.2. The fourth-order valence-corrected chi connectivity index (χ4v) is 4.73. The van der Waals surface area contributed by atoms with E-state index in [0.29, 0.717) is 0 Å². The number of benzene rings is 1. The molecule has 2 amide bonds. The summed E-state index contributed by atoms with van der Waals surface area (Å²) in [6, 6.07) is 7.93. The fraction of sp³-hybridized carbons (Fsp3) is 0.385. The fourth-order valence-electron chi connectivity index (χ4n) is 1.90. The second-order valence-corrected chi connectivity index (χ2v) is 7.41. The first-order valence-corrected chi connectivity index (χ1v) is 7.49. The standard InChI is InChI=1S/C13H20N2O2Si/c1-10-8-6-7-9-13(10)18(14(4)11(2)16)15(5)12(3)17/h6-9,18H,1-5H3. The van der Waals surface area contributed by atoms with E-state index in [2.05, 4.69) is 0 Å². The van der Waals surface area contributed by atoms with Gasteiger partial charge in [0.05, 0.1) is 0 Å². The van der Waals surface area contributed by atoms with Crippen LogP contribution in [0.2, 0.25) is 0 Å². The van der Waals surface area contributed by atoms with Gasteiger partial charge in [0, 0.05) is 27.9 Å². The minimum atomic E-state index is -1.97. The number of carbonyl (C=O) groups excluding carboxylic acids is 2. The molecule has 0 N–H and O–H groups in total. The van der Waals surface area contributed by atoms with Crippen LogP contribution in [0.15, 0.2) is 24.3 Å². The third-order valence-corrected chi connectivity index (χ3v) is 6.59. The second-order valence-electron chi connectivity index (χ2n) is 4.49. The third kappa shape index (κ3) is 2.98. The van der Waals surface area contributed by atoms with Gasteiger partial charge in [0.1, 0.15) is 0 Å². The molecule has 0 heterocycles. The molecule has 0 atom stereocenters. The predicted octanol–water partition coefficient (Wildman–Crippen LogP) is 0.379. The summed E-state index contributed by atoms with van der Waals surface area (Å²) >= 11 is 0. The molecular formula is C13H20N2O2Si. The Morgan fingerprint density at radius 3 is 1.83 bits per heavy atom. The van der Waals surface area contributed by atoms with Gasteiger partial charge >= 0.3 is 0 Å². The molecule has 0 aliphatic heterocycles. The topological polar surface area (TPSA) is 40.6 Å². The molecule has 4 nitrogen and oxygen atoms in total. The van der Waals surface area contributed by atoms with Gasteiger partial charge in [-0.2, -0.15) is 0 Å². The van der Waals surface area contributed by atoms with E-state index >= 15 is 0 Å². The molecule has 0 aliphatic rings. The van der Waals surface area contributed by atoms with Gasteiger partial charge in [-0.3, -0.25) is 9.59 Å². The van der Waals surface area contributed by atoms with Crippen LogP contribution in [-0.2, 0) is 9.59 Å². The van der Waals surface area contributed by atoms with Crippen LogP contribution in [0.25, 0.3) is 0 Å². The molecule has 98 valence electrons. The lowest BCUT2D eigenvalue weighted by molar-refractivity contribution is -0.125. The smallest absolute Gasteiger partial charge is 0.285 e. The summed E-state index contributed by atoms with van der Waals surface area (Å²) in [6.45, 7) is 5.08. The lowest BCUT2D eigenvalue weighted by Crippen LogP contribution is -2.60. The number of nitrogens with zero attached hydrogens (tertiary/aromatic N) is 2. The highest BCUT2D eigenvalue weighted by Gasteiger charge is 2.29. The average Bonchev–Trinajstić information content (AvgIpc) is 2.31. The van der Waals surface area contributed by atoms with Crippen molar-refractivity contribution in [1.29, 1.82) is 0 Å². The van der Waals surface area contributed by atoms with Gasteiger partial charge in [0.2, 0.25) is 11.8 Å². The number of carbonyl (C=O) groups is 2. The number of hydrogen-bond acceptors (Lipinski definition) is 2. The van der Waals surface area contributed by atoms with E-state index in [-0.39, 0.29) is 11.8 Å². The molecule has 1 aromatic rings. The molecule has 0 radical (unpaired) electrons. The van der Waals surface area contributed by atoms with Crippen LogP contribution in [0.5, 0.6) is 0 Å². The molecule has 0 aliphatic carbocycles. The Bertz CT molecular complexity index is 442. The summed E-state index contributed by atoms with van der Waals surface area (Å²) in [4.78, 5) is 23.2. The number of amides is 2. The van der Waals surface area contributed by atoms with Gasteiger partial charge in [0.25, 0.3) is 9.12 Å². The Morgan fingerprint density at radius 2 is 1.44 bits per heavy atom. The van der Waals surface area contributed by atoms with Crippen molar-refractivity contribution in [2.45, 2.75) is 20.8 Å². The second kappa shape index (κ2) is 5.82. The van der Waals surface area contributed by atoms with E-state index in [1.165, 1.54) is 13.8 Å². The summed E-state index contributed by atoms with van der Waals surface area (Å²) in [7, 11) is 1.57. The zero-order valence-electron chi connectivity index (χ0n) is 11.6. The van der Waals surface area contributed by atoms with Crippen molar-refractivity contribution in [2.75, 3.05) is 14.1 Å². The molecule has 0 saturated heterocycles. The van der Waals surface area contributed by atoms with Crippen molar-refractivity contribution in [3.63, 3.8) is 0 Å². The highest BCUT2D eigenvalue weighted by Crippen LogP contribution is 2.04. The molecule has 18 heavy (non-hydrogen) atoms. The summed E-state index contributed by atoms with van der Waals surface area (Å²) in [5.41, 5.74) is 1.12. The molecule has 0 unspecified atom stereocenters. The van der Waals surface area contributed by atoms with E-state index in [1.54, 1.807) is 23.2 Å². The quantitative estimate of drug-likeness (QED) is 0.741. The first-order valence-electron chi connectivity index (χ1n) is 5.88. The highest BCUT2D eigenvalue weighted by atomic mass is 28.3. The summed E-state index contributed by atoms with van der Waals surface area (Å²) in [5, 5.41) is 1.10. The van der Waals surface area contributed by atoms with E-state index in [1.807, 2.05) is 31.2 Å². The number of rotatable bonds is 3. The van der Waals surface area contributed by atoms with E-state index in [0.717, 1.165) is 10.8 Å². The Kier molecular flexibility index (Phi) is 4.67. The van der Waals surface area contributed by atoms with Crippen molar-refractivity contribution in [2.24, 2.45) is 0 Å². The zero-order valence-corrected chi connectivity index (χ0v) is 12.8. The molecule has 0 aromatic heterocycles. The Balaban J connectivity index is 3.25. The van der Waals surface area contributed by atoms with Gasteiger partial charge in [-0.25, -0.2) is 0 Å². The Labute approximate surface area is 110 Å². The minimum absolute atomic E-state index is 0.0111.